The Kier molecular flexibility index (Phi) is 3.68. The molecule has 4 nitrogen and oxygen atoms in total. The Balaban J connectivity index is 2.02. The largest absolute Gasteiger partial charge is 0.383 e. The van der Waals surface area contributed by atoms with Gasteiger partial charge in [-0.15, -0.1) is 0 Å². The zero-order valence-corrected chi connectivity index (χ0v) is 13.4. The van der Waals surface area contributed by atoms with E-state index >= 15 is 0 Å². The van der Waals surface area contributed by atoms with Crippen molar-refractivity contribution in [3.05, 3.63) is 51.6 Å². The number of hydrogen-bond acceptors (Lipinski definition) is 3. The third-order valence-electron chi connectivity index (χ3n) is 3.71. The minimum absolute atomic E-state index is 0.0916. The van der Waals surface area contributed by atoms with Gasteiger partial charge in [0.25, 0.3) is 5.91 Å². The first-order valence-corrected chi connectivity index (χ1v) is 7.68. The minimum atomic E-state index is -0.0916. The molecule has 2 aromatic rings. The van der Waals surface area contributed by atoms with Crippen molar-refractivity contribution in [1.29, 1.82) is 0 Å². The number of hydrogen-bond donors (Lipinski definition) is 1. The zero-order valence-electron chi connectivity index (χ0n) is 11.8. The van der Waals surface area contributed by atoms with Gasteiger partial charge in [-0.2, -0.15) is 0 Å². The van der Waals surface area contributed by atoms with Crippen molar-refractivity contribution in [2.45, 2.75) is 19.8 Å². The average molecular weight is 346 g/mol. The van der Waals surface area contributed by atoms with E-state index in [1.807, 2.05) is 12.1 Å². The fourth-order valence-corrected chi connectivity index (χ4v) is 3.03. The Morgan fingerprint density at radius 2 is 2.19 bits per heavy atom. The molecule has 21 heavy (non-hydrogen) atoms. The lowest BCUT2D eigenvalue weighted by molar-refractivity contribution is 0.0985. The van der Waals surface area contributed by atoms with Crippen molar-refractivity contribution in [2.24, 2.45) is 0 Å². The second-order valence-electron chi connectivity index (χ2n) is 5.28. The lowest BCUT2D eigenvalue weighted by Gasteiger charge is -2.30. The highest BCUT2D eigenvalue weighted by molar-refractivity contribution is 9.10. The van der Waals surface area contributed by atoms with Crippen LogP contribution in [-0.4, -0.2) is 17.4 Å². The van der Waals surface area contributed by atoms with Gasteiger partial charge < -0.3 is 10.6 Å². The number of pyridine rings is 1. The van der Waals surface area contributed by atoms with Gasteiger partial charge in [-0.25, -0.2) is 4.98 Å². The normalized spacial score (nSPS) is 13.9. The molecule has 1 aliphatic heterocycles. The fraction of sp³-hybridized carbons (Fsp3) is 0.250. The maximum Gasteiger partial charge on any atom is 0.262 e. The third-order valence-corrected chi connectivity index (χ3v) is 4.15. The number of aromatic nitrogens is 1. The highest BCUT2D eigenvalue weighted by atomic mass is 79.9. The van der Waals surface area contributed by atoms with Gasteiger partial charge >= 0.3 is 0 Å². The molecule has 0 bridgehead atoms. The van der Waals surface area contributed by atoms with Crippen molar-refractivity contribution in [3.63, 3.8) is 0 Å². The monoisotopic (exact) mass is 345 g/mol. The molecule has 2 N–H and O–H groups in total. The number of nitrogens with zero attached hydrogens (tertiary/aromatic N) is 2. The Hall–Kier alpha value is -1.88. The average Bonchev–Trinajstić information content (AvgIpc) is 2.48. The molecule has 2 heterocycles. The number of benzene rings is 1. The van der Waals surface area contributed by atoms with Gasteiger partial charge in [-0.3, -0.25) is 4.79 Å². The molecule has 108 valence electrons. The summed E-state index contributed by atoms with van der Waals surface area (Å²) in [5, 5.41) is 0. The molecule has 0 spiro atoms. The number of carbonyl (C=O) groups excluding carboxylic acids is 1. The highest BCUT2D eigenvalue weighted by Crippen LogP contribution is 2.30. The van der Waals surface area contributed by atoms with E-state index in [2.05, 4.69) is 33.9 Å². The van der Waals surface area contributed by atoms with Crippen molar-refractivity contribution in [1.82, 2.24) is 4.98 Å². The van der Waals surface area contributed by atoms with E-state index in [0.29, 0.717) is 12.1 Å². The van der Waals surface area contributed by atoms with Gasteiger partial charge in [0.2, 0.25) is 0 Å². The molecule has 0 aliphatic carbocycles. The highest BCUT2D eigenvalue weighted by Gasteiger charge is 2.25. The van der Waals surface area contributed by atoms with E-state index in [9.17, 15) is 4.79 Å². The van der Waals surface area contributed by atoms with Gasteiger partial charge in [0.1, 0.15) is 5.82 Å². The molecule has 0 atom stereocenters. The Morgan fingerprint density at radius 3 is 3.00 bits per heavy atom. The van der Waals surface area contributed by atoms with Crippen LogP contribution < -0.4 is 10.6 Å². The molecule has 0 saturated heterocycles. The molecule has 0 radical (unpaired) electrons. The molecule has 5 heteroatoms. The molecule has 0 fully saturated rings. The summed E-state index contributed by atoms with van der Waals surface area (Å²) in [6, 6.07) is 7.93. The Bertz CT molecular complexity index is 715. The quantitative estimate of drug-likeness (QED) is 0.862. The molecule has 1 aromatic carbocycles. The predicted octanol–water partition coefficient (Wildman–Crippen LogP) is 3.33. The van der Waals surface area contributed by atoms with Crippen LogP contribution in [0.4, 0.5) is 11.5 Å². The lowest BCUT2D eigenvalue weighted by atomic mass is 9.99. The Labute approximate surface area is 132 Å². The first-order valence-electron chi connectivity index (χ1n) is 6.88. The molecule has 1 aromatic heterocycles. The number of fused-ring (bicyclic) bond motifs is 1. The number of halogens is 1. The molecule has 1 aliphatic rings. The SMILES string of the molecule is Cc1ccc2c(c1)CCCN2C(=O)c1cc(Br)cnc1N. The number of aryl methyl sites for hydroxylation is 2. The third kappa shape index (κ3) is 2.65. The molecule has 3 rings (SSSR count). The van der Waals surface area contributed by atoms with Crippen LogP contribution in [0, 0.1) is 6.92 Å². The van der Waals surface area contributed by atoms with Gasteiger partial charge in [0, 0.05) is 22.9 Å². The van der Waals surface area contributed by atoms with Crippen LogP contribution in [0.25, 0.3) is 0 Å². The number of carbonyl (C=O) groups is 1. The van der Waals surface area contributed by atoms with Crippen LogP contribution in [-0.2, 0) is 6.42 Å². The summed E-state index contributed by atoms with van der Waals surface area (Å²) in [5.41, 5.74) is 9.72. The van der Waals surface area contributed by atoms with E-state index in [1.54, 1.807) is 17.2 Å². The van der Waals surface area contributed by atoms with E-state index in [1.165, 1.54) is 11.1 Å². The molecule has 0 saturated carbocycles. The summed E-state index contributed by atoms with van der Waals surface area (Å²) in [6.45, 7) is 2.78. The van der Waals surface area contributed by atoms with Gasteiger partial charge in [-0.1, -0.05) is 17.7 Å². The standard InChI is InChI=1S/C16H16BrN3O/c1-10-4-5-14-11(7-10)3-2-6-20(14)16(21)13-8-12(17)9-19-15(13)18/h4-5,7-9H,2-3,6H2,1H3,(H2,18,19). The smallest absolute Gasteiger partial charge is 0.262 e. The number of amides is 1. The summed E-state index contributed by atoms with van der Waals surface area (Å²) in [6.07, 6.45) is 3.57. The number of nitrogen functional groups attached to an aromatic ring is 1. The first-order chi connectivity index (χ1) is 10.1. The molecule has 1 amide bonds. The maximum atomic E-state index is 12.8. The van der Waals surface area contributed by atoms with Crippen molar-refractivity contribution in [3.8, 4) is 0 Å². The zero-order chi connectivity index (χ0) is 15.0. The van der Waals surface area contributed by atoms with Gasteiger partial charge in [0.05, 0.1) is 5.56 Å². The summed E-state index contributed by atoms with van der Waals surface area (Å²) >= 11 is 3.34. The minimum Gasteiger partial charge on any atom is -0.383 e. The summed E-state index contributed by atoms with van der Waals surface area (Å²) < 4.78 is 0.751. The van der Waals surface area contributed by atoms with Crippen molar-refractivity contribution < 1.29 is 4.79 Å². The van der Waals surface area contributed by atoms with Crippen molar-refractivity contribution >= 4 is 33.3 Å². The predicted molar refractivity (Wildman–Crippen MR) is 87.5 cm³/mol. The van der Waals surface area contributed by atoms with Crippen molar-refractivity contribution in [2.75, 3.05) is 17.2 Å². The van der Waals surface area contributed by atoms with Crippen LogP contribution in [0.5, 0.6) is 0 Å². The number of rotatable bonds is 1. The first kappa shape index (κ1) is 14.1. The van der Waals surface area contributed by atoms with Crippen LogP contribution in [0.1, 0.15) is 27.9 Å². The van der Waals surface area contributed by atoms with Crippen LogP contribution in [0.3, 0.4) is 0 Å². The number of nitrogens with two attached hydrogens (primary N) is 1. The van der Waals surface area contributed by atoms with Gasteiger partial charge in [0.15, 0.2) is 0 Å². The molecular formula is C16H16BrN3O. The summed E-state index contributed by atoms with van der Waals surface area (Å²) in [4.78, 5) is 18.7. The topological polar surface area (TPSA) is 59.2 Å². The maximum absolute atomic E-state index is 12.8. The second kappa shape index (κ2) is 5.48. The number of anilines is 2. The molecular weight excluding hydrogens is 330 g/mol. The van der Waals surface area contributed by atoms with Gasteiger partial charge in [-0.05, 0) is 53.4 Å². The van der Waals surface area contributed by atoms with E-state index in [-0.39, 0.29) is 11.7 Å². The van der Waals surface area contributed by atoms with Crippen LogP contribution in [0.15, 0.2) is 34.9 Å². The summed E-state index contributed by atoms with van der Waals surface area (Å²) in [5.74, 6) is 0.175. The Morgan fingerprint density at radius 1 is 1.38 bits per heavy atom. The van der Waals surface area contributed by atoms with Crippen LogP contribution >= 0.6 is 15.9 Å². The van der Waals surface area contributed by atoms with E-state index in [0.717, 1.165) is 23.0 Å². The second-order valence-corrected chi connectivity index (χ2v) is 6.19. The summed E-state index contributed by atoms with van der Waals surface area (Å²) in [7, 11) is 0. The lowest BCUT2D eigenvalue weighted by Crippen LogP contribution is -2.36. The molecule has 0 unspecified atom stereocenters. The van der Waals surface area contributed by atoms with E-state index < -0.39 is 0 Å². The fourth-order valence-electron chi connectivity index (χ4n) is 2.70. The van der Waals surface area contributed by atoms with Crippen LogP contribution in [0.2, 0.25) is 0 Å². The van der Waals surface area contributed by atoms with E-state index in [4.69, 9.17) is 5.73 Å².